The number of rotatable bonds is 3. The Morgan fingerprint density at radius 3 is 2.76 bits per heavy atom. The van der Waals surface area contributed by atoms with Crippen molar-refractivity contribution in [3.8, 4) is 5.69 Å². The molecule has 6 heteroatoms. The average molecular weight is 369 g/mol. The third kappa shape index (κ3) is 2.87. The molecule has 2 heterocycles. The molecule has 0 N–H and O–H groups in total. The summed E-state index contributed by atoms with van der Waals surface area (Å²) >= 11 is 8.05. The summed E-state index contributed by atoms with van der Waals surface area (Å²) in [6.07, 6.45) is 2.07. The maximum Gasteiger partial charge on any atom is 0.159 e. The minimum atomic E-state index is 0.497. The van der Waals surface area contributed by atoms with Crippen molar-refractivity contribution in [1.82, 2.24) is 14.8 Å². The third-order valence-electron chi connectivity index (χ3n) is 4.30. The Morgan fingerprint density at radius 2 is 1.96 bits per heavy atom. The topological polar surface area (TPSA) is 43.1 Å². The van der Waals surface area contributed by atoms with Crippen LogP contribution in [0.1, 0.15) is 28.3 Å². The van der Waals surface area contributed by atoms with Gasteiger partial charge < -0.3 is 0 Å². The van der Waals surface area contributed by atoms with Crippen molar-refractivity contribution < 1.29 is 0 Å². The van der Waals surface area contributed by atoms with E-state index in [1.807, 2.05) is 30.3 Å². The SMILES string of the molecule is CSCc1nnc2n1-c1ccc(Cl)cc1C(c1ccccc1C)=NC2. The number of hydrogen-bond donors (Lipinski definition) is 0. The lowest BCUT2D eigenvalue weighted by Crippen LogP contribution is -2.10. The van der Waals surface area contributed by atoms with E-state index in [1.165, 1.54) is 5.56 Å². The fourth-order valence-electron chi connectivity index (χ4n) is 3.15. The molecule has 0 saturated carbocycles. The molecule has 0 radical (unpaired) electrons. The maximum absolute atomic E-state index is 6.32. The summed E-state index contributed by atoms with van der Waals surface area (Å²) in [6.45, 7) is 2.60. The van der Waals surface area contributed by atoms with Crippen LogP contribution in [0.25, 0.3) is 5.69 Å². The van der Waals surface area contributed by atoms with Crippen molar-refractivity contribution in [3.05, 3.63) is 75.8 Å². The van der Waals surface area contributed by atoms with Gasteiger partial charge in [-0.05, 0) is 36.9 Å². The number of hydrogen-bond acceptors (Lipinski definition) is 4. The molecular weight excluding hydrogens is 352 g/mol. The van der Waals surface area contributed by atoms with E-state index in [9.17, 15) is 0 Å². The van der Waals surface area contributed by atoms with Gasteiger partial charge in [0.05, 0.1) is 17.2 Å². The first-order valence-electron chi connectivity index (χ1n) is 8.02. The smallest absolute Gasteiger partial charge is 0.159 e. The van der Waals surface area contributed by atoms with Crippen molar-refractivity contribution in [2.75, 3.05) is 6.26 Å². The van der Waals surface area contributed by atoms with E-state index in [0.29, 0.717) is 11.6 Å². The zero-order valence-electron chi connectivity index (χ0n) is 14.0. The van der Waals surface area contributed by atoms with Gasteiger partial charge in [-0.3, -0.25) is 9.56 Å². The molecule has 0 bridgehead atoms. The van der Waals surface area contributed by atoms with Gasteiger partial charge in [0.25, 0.3) is 0 Å². The van der Waals surface area contributed by atoms with Gasteiger partial charge in [0.1, 0.15) is 12.4 Å². The fraction of sp³-hybridized carbons (Fsp3) is 0.211. The monoisotopic (exact) mass is 368 g/mol. The number of aliphatic imine (C=N–C) groups is 1. The molecular formula is C19H17ClN4S. The maximum atomic E-state index is 6.32. The summed E-state index contributed by atoms with van der Waals surface area (Å²) < 4.78 is 2.12. The lowest BCUT2D eigenvalue weighted by Gasteiger charge is -2.14. The molecule has 0 atom stereocenters. The van der Waals surface area contributed by atoms with Crippen LogP contribution in [0.4, 0.5) is 0 Å². The number of thioether (sulfide) groups is 1. The van der Waals surface area contributed by atoms with Crippen molar-refractivity contribution in [3.63, 3.8) is 0 Å². The lowest BCUT2D eigenvalue weighted by atomic mass is 9.97. The molecule has 0 aliphatic carbocycles. The van der Waals surface area contributed by atoms with Crippen molar-refractivity contribution in [1.29, 1.82) is 0 Å². The minimum absolute atomic E-state index is 0.497. The summed E-state index contributed by atoms with van der Waals surface area (Å²) in [5, 5.41) is 9.42. The van der Waals surface area contributed by atoms with Crippen LogP contribution in [0.5, 0.6) is 0 Å². The van der Waals surface area contributed by atoms with Gasteiger partial charge >= 0.3 is 0 Å². The second kappa shape index (κ2) is 6.65. The van der Waals surface area contributed by atoms with Gasteiger partial charge in [0.15, 0.2) is 5.82 Å². The van der Waals surface area contributed by atoms with Crippen LogP contribution in [0.3, 0.4) is 0 Å². The number of aromatic nitrogens is 3. The van der Waals surface area contributed by atoms with E-state index in [1.54, 1.807) is 11.8 Å². The number of benzene rings is 2. The number of fused-ring (bicyclic) bond motifs is 3. The molecule has 4 rings (SSSR count). The first-order valence-corrected chi connectivity index (χ1v) is 9.79. The van der Waals surface area contributed by atoms with Crippen LogP contribution >= 0.6 is 23.4 Å². The zero-order valence-corrected chi connectivity index (χ0v) is 15.6. The van der Waals surface area contributed by atoms with Crippen molar-refractivity contribution in [2.45, 2.75) is 19.2 Å². The summed E-state index contributed by atoms with van der Waals surface area (Å²) in [5.41, 5.74) is 5.32. The lowest BCUT2D eigenvalue weighted by molar-refractivity contribution is 0.859. The quantitative estimate of drug-likeness (QED) is 0.686. The first kappa shape index (κ1) is 16.4. The molecule has 3 aromatic rings. The molecule has 0 spiro atoms. The van der Waals surface area contributed by atoms with E-state index in [-0.39, 0.29) is 0 Å². The molecule has 1 aromatic heterocycles. The minimum Gasteiger partial charge on any atom is -0.280 e. The second-order valence-corrected chi connectivity index (χ2v) is 7.24. The summed E-state index contributed by atoms with van der Waals surface area (Å²) in [7, 11) is 0. The van der Waals surface area contributed by atoms with Crippen LogP contribution in [0, 0.1) is 6.92 Å². The standard InChI is InChI=1S/C19H17ClN4S/c1-12-5-3-4-6-14(12)19-15-9-13(20)7-8-16(15)24-17(10-21-19)22-23-18(24)11-25-2/h3-9H,10-11H2,1-2H3. The van der Waals surface area contributed by atoms with Gasteiger partial charge in [-0.25, -0.2) is 0 Å². The summed E-state index contributed by atoms with van der Waals surface area (Å²) in [5.74, 6) is 2.60. The highest BCUT2D eigenvalue weighted by molar-refractivity contribution is 7.97. The van der Waals surface area contributed by atoms with Crippen molar-refractivity contribution in [2.24, 2.45) is 4.99 Å². The van der Waals surface area contributed by atoms with Crippen molar-refractivity contribution >= 4 is 29.1 Å². The van der Waals surface area contributed by atoms with E-state index >= 15 is 0 Å². The van der Waals surface area contributed by atoms with E-state index < -0.39 is 0 Å². The van der Waals surface area contributed by atoms with Crippen LogP contribution < -0.4 is 0 Å². The van der Waals surface area contributed by atoms with Gasteiger partial charge in [-0.2, -0.15) is 11.8 Å². The molecule has 2 aromatic carbocycles. The fourth-order valence-corrected chi connectivity index (χ4v) is 3.77. The number of nitrogens with zero attached hydrogens (tertiary/aromatic N) is 4. The van der Waals surface area contributed by atoms with Crippen LogP contribution in [-0.2, 0) is 12.3 Å². The van der Waals surface area contributed by atoms with Crippen LogP contribution in [0.2, 0.25) is 5.02 Å². The molecule has 4 nitrogen and oxygen atoms in total. The molecule has 0 unspecified atom stereocenters. The number of aryl methyl sites for hydroxylation is 1. The Balaban J connectivity index is 1.98. The highest BCUT2D eigenvalue weighted by Gasteiger charge is 2.23. The Bertz CT molecular complexity index is 977. The Kier molecular flexibility index (Phi) is 4.36. The molecule has 25 heavy (non-hydrogen) atoms. The summed E-state index contributed by atoms with van der Waals surface area (Å²) in [4.78, 5) is 4.88. The Hall–Kier alpha value is -2.11. The predicted octanol–water partition coefficient (Wildman–Crippen LogP) is 4.44. The predicted molar refractivity (Wildman–Crippen MR) is 104 cm³/mol. The third-order valence-corrected chi connectivity index (χ3v) is 5.09. The van der Waals surface area contributed by atoms with Crippen LogP contribution in [-0.4, -0.2) is 26.7 Å². The second-order valence-electron chi connectivity index (χ2n) is 5.94. The molecule has 1 aliphatic heterocycles. The largest absolute Gasteiger partial charge is 0.280 e. The zero-order chi connectivity index (χ0) is 17.4. The highest BCUT2D eigenvalue weighted by atomic mass is 35.5. The first-order chi connectivity index (χ1) is 12.2. The molecule has 0 amide bonds. The van der Waals surface area contributed by atoms with Gasteiger partial charge in [0, 0.05) is 16.1 Å². The summed E-state index contributed by atoms with van der Waals surface area (Å²) in [6, 6.07) is 14.2. The van der Waals surface area contributed by atoms with Gasteiger partial charge in [0.2, 0.25) is 0 Å². The Labute approximate surface area is 156 Å². The molecule has 126 valence electrons. The molecule has 1 aliphatic rings. The van der Waals surface area contributed by atoms with Crippen LogP contribution in [0.15, 0.2) is 47.5 Å². The molecule has 0 saturated heterocycles. The van der Waals surface area contributed by atoms with Gasteiger partial charge in [-0.1, -0.05) is 35.9 Å². The normalized spacial score (nSPS) is 13.0. The molecule has 0 fully saturated rings. The van der Waals surface area contributed by atoms with E-state index in [4.69, 9.17) is 16.6 Å². The van der Waals surface area contributed by atoms with E-state index in [2.05, 4.69) is 40.1 Å². The average Bonchev–Trinajstić information content (AvgIpc) is 2.92. The number of halogens is 1. The highest BCUT2D eigenvalue weighted by Crippen LogP contribution is 2.29. The Morgan fingerprint density at radius 1 is 1.12 bits per heavy atom. The van der Waals surface area contributed by atoms with E-state index in [0.717, 1.165) is 39.9 Å². The van der Waals surface area contributed by atoms with Gasteiger partial charge in [-0.15, -0.1) is 10.2 Å².